The zero-order valence-corrected chi connectivity index (χ0v) is 21.5. The first-order valence-electron chi connectivity index (χ1n) is 13.7. The van der Waals surface area contributed by atoms with Crippen LogP contribution in [0.3, 0.4) is 0 Å². The van der Waals surface area contributed by atoms with E-state index in [1.807, 2.05) is 0 Å². The first kappa shape index (κ1) is 27.1. The van der Waals surface area contributed by atoms with Gasteiger partial charge in [0.05, 0.1) is 6.10 Å². The number of ketones is 2. The zero-order chi connectivity index (χ0) is 26.9. The molecule has 4 aliphatic carbocycles. The lowest BCUT2D eigenvalue weighted by Gasteiger charge is -2.60. The SMILES string of the molecule is CC12CC(=O)C3C(CCC4CC(OC5OC(C(=O)O)C(O)C(O)C5O)CCC43C)C1CCC2C(=O)CO. The molecular weight excluding hydrogens is 484 g/mol. The number of hydrogen-bond donors (Lipinski definition) is 5. The van der Waals surface area contributed by atoms with Crippen molar-refractivity contribution in [1.82, 2.24) is 0 Å². The Hall–Kier alpha value is -1.43. The van der Waals surface area contributed by atoms with Crippen LogP contribution in [0.15, 0.2) is 0 Å². The number of aliphatic carboxylic acids is 1. The van der Waals surface area contributed by atoms with Gasteiger partial charge < -0.3 is 35.0 Å². The third-order valence-electron chi connectivity index (χ3n) is 11.0. The number of hydrogen-bond acceptors (Lipinski definition) is 9. The lowest BCUT2D eigenvalue weighted by Crippen LogP contribution is -2.61. The van der Waals surface area contributed by atoms with Crippen molar-refractivity contribution in [2.24, 2.45) is 40.4 Å². The van der Waals surface area contributed by atoms with Gasteiger partial charge in [0.15, 0.2) is 18.2 Å². The van der Waals surface area contributed by atoms with Gasteiger partial charge in [-0.05, 0) is 73.5 Å². The number of rotatable bonds is 5. The molecule has 1 heterocycles. The summed E-state index contributed by atoms with van der Waals surface area (Å²) in [5, 5.41) is 49.2. The summed E-state index contributed by atoms with van der Waals surface area (Å²) >= 11 is 0. The highest BCUT2D eigenvalue weighted by Gasteiger charge is 2.64. The van der Waals surface area contributed by atoms with E-state index in [0.717, 1.165) is 32.1 Å². The second-order valence-electron chi connectivity index (χ2n) is 12.7. The molecule has 13 atom stereocenters. The molecule has 10 nitrogen and oxygen atoms in total. The molecule has 1 aliphatic heterocycles. The molecule has 0 amide bonds. The van der Waals surface area contributed by atoms with Gasteiger partial charge in [-0.1, -0.05) is 13.8 Å². The van der Waals surface area contributed by atoms with Gasteiger partial charge >= 0.3 is 5.97 Å². The molecule has 10 heteroatoms. The summed E-state index contributed by atoms with van der Waals surface area (Å²) in [4.78, 5) is 37.7. The Bertz CT molecular complexity index is 938. The van der Waals surface area contributed by atoms with Crippen molar-refractivity contribution in [3.05, 3.63) is 0 Å². The van der Waals surface area contributed by atoms with E-state index in [9.17, 15) is 39.9 Å². The number of fused-ring (bicyclic) bond motifs is 5. The van der Waals surface area contributed by atoms with Crippen LogP contribution in [0.1, 0.15) is 65.2 Å². The molecule has 0 bridgehead atoms. The minimum atomic E-state index is -1.76. The van der Waals surface area contributed by atoms with E-state index in [-0.39, 0.29) is 58.1 Å². The Balaban J connectivity index is 1.29. The maximum atomic E-state index is 13.7. The van der Waals surface area contributed by atoms with Crippen LogP contribution < -0.4 is 0 Å². The maximum absolute atomic E-state index is 13.7. The average Bonchev–Trinajstić information content (AvgIpc) is 3.19. The number of aliphatic hydroxyl groups excluding tert-OH is 4. The number of aliphatic hydroxyl groups is 4. The van der Waals surface area contributed by atoms with Crippen molar-refractivity contribution in [3.63, 3.8) is 0 Å². The molecule has 5 aliphatic rings. The predicted octanol–water partition coefficient (Wildman–Crippen LogP) is 0.663. The van der Waals surface area contributed by atoms with Crippen LogP contribution in [0.4, 0.5) is 0 Å². The molecule has 5 fully saturated rings. The van der Waals surface area contributed by atoms with E-state index in [1.165, 1.54) is 0 Å². The Kier molecular flexibility index (Phi) is 7.07. The molecule has 5 N–H and O–H groups in total. The van der Waals surface area contributed by atoms with Crippen molar-refractivity contribution in [2.75, 3.05) is 6.61 Å². The fraction of sp³-hybridized carbons (Fsp3) is 0.889. The van der Waals surface area contributed by atoms with E-state index in [4.69, 9.17) is 9.47 Å². The van der Waals surface area contributed by atoms with Gasteiger partial charge in [-0.3, -0.25) is 9.59 Å². The molecule has 0 spiro atoms. The summed E-state index contributed by atoms with van der Waals surface area (Å²) in [5.74, 6) is -1.01. The highest BCUT2D eigenvalue weighted by molar-refractivity contribution is 5.88. The third kappa shape index (κ3) is 4.19. The monoisotopic (exact) mass is 524 g/mol. The van der Waals surface area contributed by atoms with Gasteiger partial charge in [0.1, 0.15) is 30.7 Å². The van der Waals surface area contributed by atoms with Gasteiger partial charge in [-0.15, -0.1) is 0 Å². The molecule has 0 aromatic rings. The van der Waals surface area contributed by atoms with Crippen molar-refractivity contribution in [3.8, 4) is 0 Å². The number of carboxylic acids is 1. The Morgan fingerprint density at radius 1 is 1.00 bits per heavy atom. The molecular formula is C27H40O10. The van der Waals surface area contributed by atoms with E-state index in [2.05, 4.69) is 13.8 Å². The van der Waals surface area contributed by atoms with E-state index < -0.39 is 43.3 Å². The van der Waals surface area contributed by atoms with Gasteiger partial charge in [-0.2, -0.15) is 0 Å². The van der Waals surface area contributed by atoms with E-state index in [1.54, 1.807) is 0 Å². The lowest BCUT2D eigenvalue weighted by molar-refractivity contribution is -0.309. The van der Waals surface area contributed by atoms with Crippen molar-refractivity contribution >= 4 is 17.5 Å². The van der Waals surface area contributed by atoms with Crippen LogP contribution in [-0.2, 0) is 23.9 Å². The van der Waals surface area contributed by atoms with Crippen molar-refractivity contribution < 1.29 is 49.4 Å². The molecule has 208 valence electrons. The first-order chi connectivity index (χ1) is 17.4. The molecule has 0 aromatic carbocycles. The molecule has 13 unspecified atom stereocenters. The second-order valence-corrected chi connectivity index (χ2v) is 12.7. The van der Waals surface area contributed by atoms with Crippen LogP contribution in [0.25, 0.3) is 0 Å². The largest absolute Gasteiger partial charge is 0.479 e. The molecule has 0 radical (unpaired) electrons. The molecule has 1 saturated heterocycles. The lowest BCUT2D eigenvalue weighted by atomic mass is 9.44. The van der Waals surface area contributed by atoms with Gasteiger partial charge in [0.2, 0.25) is 0 Å². The summed E-state index contributed by atoms with van der Waals surface area (Å²) < 4.78 is 11.3. The number of ether oxygens (including phenoxy) is 2. The Morgan fingerprint density at radius 2 is 1.73 bits per heavy atom. The van der Waals surface area contributed by atoms with E-state index in [0.29, 0.717) is 19.3 Å². The highest BCUT2D eigenvalue weighted by atomic mass is 16.7. The Morgan fingerprint density at radius 3 is 2.41 bits per heavy atom. The van der Waals surface area contributed by atoms with Crippen molar-refractivity contribution in [1.29, 1.82) is 0 Å². The fourth-order valence-electron chi connectivity index (χ4n) is 9.15. The summed E-state index contributed by atoms with van der Waals surface area (Å²) in [7, 11) is 0. The summed E-state index contributed by atoms with van der Waals surface area (Å²) in [6.07, 6.45) is -2.70. The number of Topliss-reactive ketones (excluding diaryl/α,β-unsaturated/α-hetero) is 2. The predicted molar refractivity (Wildman–Crippen MR) is 127 cm³/mol. The van der Waals surface area contributed by atoms with Crippen molar-refractivity contribution in [2.45, 2.75) is 102 Å². The van der Waals surface area contributed by atoms with Crippen LogP contribution in [0.2, 0.25) is 0 Å². The summed E-state index contributed by atoms with van der Waals surface area (Å²) in [6.45, 7) is 3.80. The number of carbonyl (C=O) groups is 3. The minimum absolute atomic E-state index is 0.0851. The van der Waals surface area contributed by atoms with Crippen LogP contribution in [0.5, 0.6) is 0 Å². The van der Waals surface area contributed by atoms with Gasteiger partial charge in [-0.25, -0.2) is 4.79 Å². The fourth-order valence-corrected chi connectivity index (χ4v) is 9.15. The van der Waals surface area contributed by atoms with Gasteiger partial charge in [0.25, 0.3) is 0 Å². The maximum Gasteiger partial charge on any atom is 0.335 e. The molecule has 0 aromatic heterocycles. The van der Waals surface area contributed by atoms with Crippen LogP contribution in [0, 0.1) is 40.4 Å². The Labute approximate surface area is 216 Å². The van der Waals surface area contributed by atoms with Gasteiger partial charge in [0, 0.05) is 18.3 Å². The standard InChI is InChI=1S/C27H40O10/c1-26-8-7-13(36-25-22(33)20(31)21(32)23(37-25)24(34)35)9-12(26)3-4-14-15-5-6-16(18(30)11-28)27(15,2)10-17(29)19(14)26/h12-16,19-23,25,28,31-33H,3-11H2,1-2H3,(H,34,35). The normalized spacial score (nSPS) is 51.6. The quantitative estimate of drug-likeness (QED) is 0.322. The molecule has 4 saturated carbocycles. The number of carboxylic acid groups (broad SMARTS) is 1. The third-order valence-corrected chi connectivity index (χ3v) is 11.0. The minimum Gasteiger partial charge on any atom is -0.479 e. The molecule has 37 heavy (non-hydrogen) atoms. The average molecular weight is 525 g/mol. The second kappa shape index (κ2) is 9.64. The molecule has 5 rings (SSSR count). The zero-order valence-electron chi connectivity index (χ0n) is 21.5. The topological polar surface area (TPSA) is 171 Å². The van der Waals surface area contributed by atoms with E-state index >= 15 is 0 Å². The highest BCUT2D eigenvalue weighted by Crippen LogP contribution is 2.66. The summed E-state index contributed by atoms with van der Waals surface area (Å²) in [5.41, 5.74) is -0.603. The smallest absolute Gasteiger partial charge is 0.335 e. The van der Waals surface area contributed by atoms with Crippen LogP contribution in [-0.4, -0.2) is 86.5 Å². The van der Waals surface area contributed by atoms with Crippen LogP contribution >= 0.6 is 0 Å². The first-order valence-corrected chi connectivity index (χ1v) is 13.7. The number of carbonyl (C=O) groups excluding carboxylic acids is 2. The summed E-state index contributed by atoms with van der Waals surface area (Å²) in [6, 6.07) is 0.